The van der Waals surface area contributed by atoms with Crippen LogP contribution in [0.1, 0.15) is 53.4 Å². The highest BCUT2D eigenvalue weighted by Crippen LogP contribution is 2.53. The lowest BCUT2D eigenvalue weighted by Crippen LogP contribution is -2.53. The van der Waals surface area contributed by atoms with Crippen LogP contribution >= 0.6 is 0 Å². The van der Waals surface area contributed by atoms with Gasteiger partial charge in [0.25, 0.3) is 0 Å². The quantitative estimate of drug-likeness (QED) is 0.340. The first-order valence-corrected chi connectivity index (χ1v) is 12.4. The number of hydrogen-bond donors (Lipinski definition) is 1. The number of Topliss-reactive ketones (excluding diaryl/α,β-unsaturated/α-hetero) is 1. The maximum Gasteiger partial charge on any atom is 0.346 e. The number of carbonyl (C=O) groups excluding carboxylic acids is 3. The summed E-state index contributed by atoms with van der Waals surface area (Å²) in [6, 6.07) is 0. The number of ketones is 1. The van der Waals surface area contributed by atoms with Gasteiger partial charge < -0.3 is 19.3 Å². The molecule has 5 rings (SSSR count). The topological polar surface area (TPSA) is 116 Å². The van der Waals surface area contributed by atoms with Crippen molar-refractivity contribution in [3.63, 3.8) is 0 Å². The van der Waals surface area contributed by atoms with Crippen molar-refractivity contribution in [2.24, 2.45) is 11.3 Å². The average Bonchev–Trinajstić information content (AvgIpc) is 3.06. The van der Waals surface area contributed by atoms with Gasteiger partial charge in [0.2, 0.25) is 5.78 Å². The van der Waals surface area contributed by atoms with Gasteiger partial charge in [-0.15, -0.1) is 0 Å². The fourth-order valence-corrected chi connectivity index (χ4v) is 5.39. The Morgan fingerprint density at radius 3 is 2.57 bits per heavy atom. The molecule has 1 N–H and O–H groups in total. The molecule has 37 heavy (non-hydrogen) atoms. The second-order valence-electron chi connectivity index (χ2n) is 10.4. The van der Waals surface area contributed by atoms with Gasteiger partial charge in [0, 0.05) is 12.8 Å². The Morgan fingerprint density at radius 1 is 1.14 bits per heavy atom. The van der Waals surface area contributed by atoms with Crippen LogP contribution in [-0.2, 0) is 33.4 Å². The Labute approximate surface area is 216 Å². The minimum atomic E-state index is -1.38. The van der Waals surface area contributed by atoms with E-state index in [-0.39, 0.29) is 42.5 Å². The zero-order valence-electron chi connectivity index (χ0n) is 21.5. The van der Waals surface area contributed by atoms with E-state index in [1.54, 1.807) is 18.2 Å². The highest BCUT2D eigenvalue weighted by Gasteiger charge is 2.64. The van der Waals surface area contributed by atoms with Crippen molar-refractivity contribution >= 4 is 23.7 Å². The molecule has 4 bridgehead atoms. The average molecular weight is 509 g/mol. The summed E-state index contributed by atoms with van der Waals surface area (Å²) in [4.78, 5) is 50.1. The molecule has 0 aromatic heterocycles. The molecule has 0 unspecified atom stereocenters. The van der Waals surface area contributed by atoms with Crippen LogP contribution in [0.25, 0.3) is 0 Å². The lowest BCUT2D eigenvalue weighted by molar-refractivity contribution is -0.162. The van der Waals surface area contributed by atoms with Crippen LogP contribution in [0, 0.1) is 11.3 Å². The number of carboxylic acids is 1. The van der Waals surface area contributed by atoms with E-state index in [4.69, 9.17) is 19.3 Å². The molecule has 2 aliphatic carbocycles. The van der Waals surface area contributed by atoms with Gasteiger partial charge in [-0.2, -0.15) is 0 Å². The SMILES string of the molecule is CC1=C[C@]2(C)/C=C(C)/C=C/C[C@@H](OC(=O)CCC(=O)O)/C=C3C=C/C(=C4\C(=O)O[C@]2(C[C@@H]1C)C4=O)OC/3. The number of ether oxygens (including phenoxy) is 3. The molecule has 1 fully saturated rings. The predicted molar refractivity (Wildman–Crippen MR) is 134 cm³/mol. The number of rotatable bonds is 4. The van der Waals surface area contributed by atoms with Crippen LogP contribution in [-0.4, -0.2) is 47.1 Å². The molecule has 8 heteroatoms. The van der Waals surface area contributed by atoms with Crippen LogP contribution in [0.3, 0.4) is 0 Å². The molecule has 3 aliphatic heterocycles. The molecule has 196 valence electrons. The number of fused-ring (bicyclic) bond motifs is 5. The fraction of sp³-hybridized carbons (Fsp3) is 0.448. The van der Waals surface area contributed by atoms with Crippen molar-refractivity contribution in [2.45, 2.75) is 65.1 Å². The number of aliphatic carboxylic acids is 1. The van der Waals surface area contributed by atoms with Crippen molar-refractivity contribution in [3.8, 4) is 0 Å². The Balaban J connectivity index is 1.79. The van der Waals surface area contributed by atoms with E-state index < -0.39 is 35.0 Å². The molecule has 0 amide bonds. The van der Waals surface area contributed by atoms with Gasteiger partial charge >= 0.3 is 17.9 Å². The van der Waals surface area contributed by atoms with E-state index in [0.717, 1.165) is 11.1 Å². The van der Waals surface area contributed by atoms with Gasteiger partial charge in [0.05, 0.1) is 18.3 Å². The molecule has 1 spiro atoms. The van der Waals surface area contributed by atoms with E-state index in [1.165, 1.54) is 0 Å². The monoisotopic (exact) mass is 508 g/mol. The van der Waals surface area contributed by atoms with Gasteiger partial charge in [-0.3, -0.25) is 14.4 Å². The standard InChI is InChI=1S/C29H32O8/c1-17-6-5-7-21(36-24(32)11-10-23(30)31)12-20-8-9-22(35-16-20)25-26(33)29(37-27(25)34)15-19(3)18(2)14-28(29,4)13-17/h5-6,8-9,12-14,19,21H,7,10-11,15-16H2,1-4H3,(H,30,31)/b6-5+,17-13+,20-12-,25-22+/t19-,21+,28-,29+/m0/s1. The number of esters is 2. The molecule has 1 saturated heterocycles. The largest absolute Gasteiger partial charge is 0.488 e. The molecule has 4 atom stereocenters. The van der Waals surface area contributed by atoms with E-state index in [0.29, 0.717) is 18.4 Å². The zero-order chi connectivity index (χ0) is 27.0. The Bertz CT molecular complexity index is 1230. The maximum absolute atomic E-state index is 13.9. The highest BCUT2D eigenvalue weighted by molar-refractivity contribution is 6.26. The molecule has 0 saturated carbocycles. The molecule has 0 radical (unpaired) electrons. The van der Waals surface area contributed by atoms with Crippen LogP contribution < -0.4 is 0 Å². The number of carboxylic acid groups (broad SMARTS) is 1. The maximum atomic E-state index is 13.9. The molecule has 8 nitrogen and oxygen atoms in total. The minimum absolute atomic E-state index is 0.0504. The zero-order valence-corrected chi connectivity index (χ0v) is 21.5. The molecule has 0 aromatic rings. The van der Waals surface area contributed by atoms with E-state index >= 15 is 0 Å². The van der Waals surface area contributed by atoms with Crippen molar-refractivity contribution in [3.05, 3.63) is 70.6 Å². The Hall–Kier alpha value is -3.68. The van der Waals surface area contributed by atoms with Gasteiger partial charge in [-0.25, -0.2) is 4.79 Å². The molecular weight excluding hydrogens is 476 g/mol. The predicted octanol–water partition coefficient (Wildman–Crippen LogP) is 4.29. The van der Waals surface area contributed by atoms with Crippen molar-refractivity contribution in [2.75, 3.05) is 6.61 Å². The number of carbonyl (C=O) groups is 4. The summed E-state index contributed by atoms with van der Waals surface area (Å²) >= 11 is 0. The highest BCUT2D eigenvalue weighted by atomic mass is 16.6. The summed E-state index contributed by atoms with van der Waals surface area (Å²) in [5.41, 5.74) is 0.295. The normalized spacial score (nSPS) is 36.9. The second-order valence-corrected chi connectivity index (χ2v) is 10.4. The summed E-state index contributed by atoms with van der Waals surface area (Å²) < 4.78 is 17.3. The van der Waals surface area contributed by atoms with Crippen LogP contribution in [0.2, 0.25) is 0 Å². The number of allylic oxidation sites excluding steroid dienone is 4. The summed E-state index contributed by atoms with van der Waals surface area (Å²) in [6.45, 7) is 7.91. The first-order valence-electron chi connectivity index (χ1n) is 12.4. The van der Waals surface area contributed by atoms with E-state index in [9.17, 15) is 19.2 Å². The third-order valence-electron chi connectivity index (χ3n) is 7.43. The molecule has 5 aliphatic rings. The van der Waals surface area contributed by atoms with Crippen LogP contribution in [0.4, 0.5) is 0 Å². The summed E-state index contributed by atoms with van der Waals surface area (Å²) in [5, 5.41) is 8.85. The fourth-order valence-electron chi connectivity index (χ4n) is 5.39. The van der Waals surface area contributed by atoms with Crippen molar-refractivity contribution in [1.29, 1.82) is 0 Å². The molecule has 3 heterocycles. The van der Waals surface area contributed by atoms with Gasteiger partial charge in [0.15, 0.2) is 5.60 Å². The van der Waals surface area contributed by atoms with Crippen LogP contribution in [0.15, 0.2) is 70.6 Å². The van der Waals surface area contributed by atoms with E-state index in [2.05, 4.69) is 0 Å². The first-order chi connectivity index (χ1) is 17.4. The van der Waals surface area contributed by atoms with Crippen LogP contribution in [0.5, 0.6) is 0 Å². The lowest BCUT2D eigenvalue weighted by atomic mass is 9.61. The van der Waals surface area contributed by atoms with E-state index in [1.807, 2.05) is 52.0 Å². The summed E-state index contributed by atoms with van der Waals surface area (Å²) in [7, 11) is 0. The summed E-state index contributed by atoms with van der Waals surface area (Å²) in [6.07, 6.45) is 12.2. The minimum Gasteiger partial charge on any atom is -0.488 e. The van der Waals surface area contributed by atoms with Crippen molar-refractivity contribution < 1.29 is 38.5 Å². The smallest absolute Gasteiger partial charge is 0.346 e. The first kappa shape index (κ1) is 26.4. The second kappa shape index (κ2) is 10.00. The Kier molecular flexibility index (Phi) is 7.13. The van der Waals surface area contributed by atoms with Gasteiger partial charge in [-0.05, 0) is 44.4 Å². The van der Waals surface area contributed by atoms with Gasteiger partial charge in [0.1, 0.15) is 24.0 Å². The lowest BCUT2D eigenvalue weighted by Gasteiger charge is -2.45. The Morgan fingerprint density at radius 2 is 1.89 bits per heavy atom. The third kappa shape index (κ3) is 5.10. The number of hydrogen-bond acceptors (Lipinski definition) is 7. The van der Waals surface area contributed by atoms with Crippen molar-refractivity contribution in [1.82, 2.24) is 0 Å². The van der Waals surface area contributed by atoms with Gasteiger partial charge in [-0.1, -0.05) is 48.5 Å². The molecular formula is C29H32O8. The third-order valence-corrected chi connectivity index (χ3v) is 7.43. The summed E-state index contributed by atoms with van der Waals surface area (Å²) in [5.74, 6) is -2.54. The molecule has 0 aromatic carbocycles.